The molecule has 1 atom stereocenters. The number of carboxylic acid groups (broad SMARTS) is 1. The third-order valence-electron chi connectivity index (χ3n) is 3.65. The van der Waals surface area contributed by atoms with Crippen molar-refractivity contribution in [1.29, 1.82) is 0 Å². The van der Waals surface area contributed by atoms with Crippen LogP contribution in [0.25, 0.3) is 0 Å². The monoisotopic (exact) mass is 279 g/mol. The van der Waals surface area contributed by atoms with E-state index in [0.29, 0.717) is 6.42 Å². The van der Waals surface area contributed by atoms with E-state index < -0.39 is 11.9 Å². The van der Waals surface area contributed by atoms with Crippen molar-refractivity contribution < 1.29 is 19.4 Å². The fourth-order valence-corrected chi connectivity index (χ4v) is 2.41. The summed E-state index contributed by atoms with van der Waals surface area (Å²) >= 11 is 0. The molecule has 1 heterocycles. The molecule has 1 N–H and O–H groups in total. The summed E-state index contributed by atoms with van der Waals surface area (Å²) in [6.07, 6.45) is 0.613. The van der Waals surface area contributed by atoms with Crippen molar-refractivity contribution >= 4 is 5.97 Å². The standard InChI is InChI=1S/C15H21NO4/c1-19-13-4-2-12(3-5-13)14(15(17)18)6-7-16-8-10-20-11-9-16/h2-5,14H,6-11H2,1H3,(H,17,18)/t14-/m0/s1. The van der Waals surface area contributed by atoms with Gasteiger partial charge < -0.3 is 14.6 Å². The molecule has 0 unspecified atom stereocenters. The maximum atomic E-state index is 11.5. The second-order valence-corrected chi connectivity index (χ2v) is 4.91. The number of rotatable bonds is 6. The molecule has 0 aliphatic carbocycles. The minimum Gasteiger partial charge on any atom is -0.497 e. The van der Waals surface area contributed by atoms with Crippen molar-refractivity contribution in [1.82, 2.24) is 4.90 Å². The van der Waals surface area contributed by atoms with Gasteiger partial charge in [0, 0.05) is 13.1 Å². The summed E-state index contributed by atoms with van der Waals surface area (Å²) in [5.74, 6) is -0.502. The van der Waals surface area contributed by atoms with Crippen LogP contribution in [0.3, 0.4) is 0 Å². The highest BCUT2D eigenvalue weighted by Crippen LogP contribution is 2.23. The number of benzene rings is 1. The van der Waals surface area contributed by atoms with E-state index in [-0.39, 0.29) is 0 Å². The van der Waals surface area contributed by atoms with Crippen molar-refractivity contribution in [3.8, 4) is 5.75 Å². The number of hydrogen-bond acceptors (Lipinski definition) is 4. The maximum absolute atomic E-state index is 11.5. The van der Waals surface area contributed by atoms with Gasteiger partial charge in [0.05, 0.1) is 26.2 Å². The average molecular weight is 279 g/mol. The van der Waals surface area contributed by atoms with Crippen molar-refractivity contribution in [2.24, 2.45) is 0 Å². The Morgan fingerprint density at radius 1 is 1.35 bits per heavy atom. The van der Waals surface area contributed by atoms with E-state index in [0.717, 1.165) is 44.2 Å². The number of ether oxygens (including phenoxy) is 2. The van der Waals surface area contributed by atoms with Crippen LogP contribution < -0.4 is 4.74 Å². The first-order valence-electron chi connectivity index (χ1n) is 6.87. The molecule has 110 valence electrons. The molecule has 0 aromatic heterocycles. The lowest BCUT2D eigenvalue weighted by molar-refractivity contribution is -0.139. The van der Waals surface area contributed by atoms with Crippen LogP contribution in [0.4, 0.5) is 0 Å². The third-order valence-corrected chi connectivity index (χ3v) is 3.65. The van der Waals surface area contributed by atoms with Crippen LogP contribution >= 0.6 is 0 Å². The van der Waals surface area contributed by atoms with Crippen molar-refractivity contribution in [2.75, 3.05) is 40.0 Å². The van der Waals surface area contributed by atoms with Crippen molar-refractivity contribution in [2.45, 2.75) is 12.3 Å². The fourth-order valence-electron chi connectivity index (χ4n) is 2.41. The molecule has 2 rings (SSSR count). The second-order valence-electron chi connectivity index (χ2n) is 4.91. The van der Waals surface area contributed by atoms with E-state index in [2.05, 4.69) is 4.90 Å². The van der Waals surface area contributed by atoms with Gasteiger partial charge in [0.1, 0.15) is 5.75 Å². The number of hydrogen-bond donors (Lipinski definition) is 1. The molecule has 1 aromatic rings. The van der Waals surface area contributed by atoms with Crippen molar-refractivity contribution in [3.05, 3.63) is 29.8 Å². The number of carboxylic acids is 1. The molecule has 0 saturated carbocycles. The largest absolute Gasteiger partial charge is 0.497 e. The Morgan fingerprint density at radius 3 is 2.55 bits per heavy atom. The lowest BCUT2D eigenvalue weighted by atomic mass is 9.95. The van der Waals surface area contributed by atoms with E-state index in [1.54, 1.807) is 19.2 Å². The highest BCUT2D eigenvalue weighted by atomic mass is 16.5. The van der Waals surface area contributed by atoms with Gasteiger partial charge in [0.2, 0.25) is 0 Å². The first kappa shape index (κ1) is 14.8. The van der Waals surface area contributed by atoms with Gasteiger partial charge in [-0.1, -0.05) is 12.1 Å². The van der Waals surface area contributed by atoms with Crippen LogP contribution in [0.5, 0.6) is 5.75 Å². The lowest BCUT2D eigenvalue weighted by Crippen LogP contribution is -2.37. The normalized spacial score (nSPS) is 17.6. The fraction of sp³-hybridized carbons (Fsp3) is 0.533. The smallest absolute Gasteiger partial charge is 0.311 e. The molecule has 20 heavy (non-hydrogen) atoms. The van der Waals surface area contributed by atoms with Gasteiger partial charge in [-0.25, -0.2) is 0 Å². The second kappa shape index (κ2) is 7.26. The molecule has 1 saturated heterocycles. The SMILES string of the molecule is COc1ccc([C@H](CCN2CCOCC2)C(=O)O)cc1. The Bertz CT molecular complexity index is 426. The topological polar surface area (TPSA) is 59.0 Å². The summed E-state index contributed by atoms with van der Waals surface area (Å²) in [7, 11) is 1.60. The molecule has 5 nitrogen and oxygen atoms in total. The molecule has 1 aliphatic heterocycles. The van der Waals surface area contributed by atoms with E-state index >= 15 is 0 Å². The molecule has 1 fully saturated rings. The summed E-state index contributed by atoms with van der Waals surface area (Å²) in [5, 5.41) is 9.41. The first-order chi connectivity index (χ1) is 9.70. The lowest BCUT2D eigenvalue weighted by Gasteiger charge is -2.27. The highest BCUT2D eigenvalue weighted by molar-refractivity contribution is 5.76. The molecule has 0 bridgehead atoms. The zero-order chi connectivity index (χ0) is 14.4. The van der Waals surface area contributed by atoms with Crippen LogP contribution in [-0.2, 0) is 9.53 Å². The van der Waals surface area contributed by atoms with Crippen LogP contribution in [0, 0.1) is 0 Å². The van der Waals surface area contributed by atoms with Crippen LogP contribution in [0.2, 0.25) is 0 Å². The van der Waals surface area contributed by atoms with Gasteiger partial charge in [0.25, 0.3) is 0 Å². The number of nitrogens with zero attached hydrogens (tertiary/aromatic N) is 1. The Hall–Kier alpha value is -1.59. The van der Waals surface area contributed by atoms with Gasteiger partial charge >= 0.3 is 5.97 Å². The summed E-state index contributed by atoms with van der Waals surface area (Å²) in [6.45, 7) is 4.02. The summed E-state index contributed by atoms with van der Waals surface area (Å²) in [5.41, 5.74) is 0.826. The Kier molecular flexibility index (Phi) is 5.38. The van der Waals surface area contributed by atoms with E-state index in [9.17, 15) is 9.90 Å². The maximum Gasteiger partial charge on any atom is 0.311 e. The van der Waals surface area contributed by atoms with Crippen molar-refractivity contribution in [3.63, 3.8) is 0 Å². The summed E-state index contributed by atoms with van der Waals surface area (Å²) in [6, 6.07) is 7.27. The van der Waals surface area contributed by atoms with E-state index in [1.165, 1.54) is 0 Å². The van der Waals surface area contributed by atoms with Gasteiger partial charge in [-0.05, 0) is 30.7 Å². The van der Waals surface area contributed by atoms with Gasteiger partial charge in [-0.15, -0.1) is 0 Å². The molecule has 0 radical (unpaired) electrons. The zero-order valence-corrected chi connectivity index (χ0v) is 11.7. The van der Waals surface area contributed by atoms with Crippen LogP contribution in [0.1, 0.15) is 17.9 Å². The molecule has 0 amide bonds. The predicted octanol–water partition coefficient (Wildman–Crippen LogP) is 1.59. The molecule has 1 aliphatic rings. The summed E-state index contributed by atoms with van der Waals surface area (Å²) < 4.78 is 10.4. The van der Waals surface area contributed by atoms with Gasteiger partial charge in [-0.2, -0.15) is 0 Å². The van der Waals surface area contributed by atoms with E-state index in [1.807, 2.05) is 12.1 Å². The third kappa shape index (κ3) is 3.95. The summed E-state index contributed by atoms with van der Waals surface area (Å²) in [4.78, 5) is 13.7. The van der Waals surface area contributed by atoms with Crippen LogP contribution in [0.15, 0.2) is 24.3 Å². The molecule has 5 heteroatoms. The quantitative estimate of drug-likeness (QED) is 0.857. The number of carbonyl (C=O) groups is 1. The molecular weight excluding hydrogens is 258 g/mol. The Balaban J connectivity index is 1.96. The Labute approximate surface area is 119 Å². The minimum atomic E-state index is -0.775. The molecular formula is C15H21NO4. The molecule has 0 spiro atoms. The van der Waals surface area contributed by atoms with Gasteiger partial charge in [0.15, 0.2) is 0 Å². The Morgan fingerprint density at radius 2 is 2.00 bits per heavy atom. The number of aliphatic carboxylic acids is 1. The first-order valence-corrected chi connectivity index (χ1v) is 6.87. The molecule has 1 aromatic carbocycles. The predicted molar refractivity (Wildman–Crippen MR) is 75.2 cm³/mol. The zero-order valence-electron chi connectivity index (χ0n) is 11.7. The van der Waals surface area contributed by atoms with Gasteiger partial charge in [-0.3, -0.25) is 9.69 Å². The average Bonchev–Trinajstić information content (AvgIpc) is 2.49. The highest BCUT2D eigenvalue weighted by Gasteiger charge is 2.21. The number of morpholine rings is 1. The number of methoxy groups -OCH3 is 1. The van der Waals surface area contributed by atoms with Crippen LogP contribution in [-0.4, -0.2) is 55.9 Å². The minimum absolute atomic E-state index is 0.469. The van der Waals surface area contributed by atoms with E-state index in [4.69, 9.17) is 9.47 Å².